The van der Waals surface area contributed by atoms with Gasteiger partial charge in [0.1, 0.15) is 49.9 Å². The summed E-state index contributed by atoms with van der Waals surface area (Å²) in [6.07, 6.45) is 7.13. The quantitative estimate of drug-likeness (QED) is 0.0769. The summed E-state index contributed by atoms with van der Waals surface area (Å²) >= 11 is 15.8. The molecule has 41 heavy (non-hydrogen) atoms. The third-order valence-corrected chi connectivity index (χ3v) is 6.93. The number of hydrogen-bond donors (Lipinski definition) is 3. The number of nitriles is 1. The van der Waals surface area contributed by atoms with Gasteiger partial charge in [0.05, 0.1) is 23.0 Å². The van der Waals surface area contributed by atoms with E-state index in [9.17, 15) is 10.5 Å². The van der Waals surface area contributed by atoms with Crippen molar-refractivity contribution in [2.75, 3.05) is 26.1 Å². The van der Waals surface area contributed by atoms with Crippen molar-refractivity contribution in [1.82, 2.24) is 15.4 Å². The predicted molar refractivity (Wildman–Crippen MR) is 167 cm³/mol. The molecule has 11 heteroatoms. The number of quaternary nitrogens is 1. The van der Waals surface area contributed by atoms with Crippen molar-refractivity contribution >= 4 is 36.0 Å². The van der Waals surface area contributed by atoms with E-state index in [4.69, 9.17) is 32.7 Å². The summed E-state index contributed by atoms with van der Waals surface area (Å²) < 4.78 is 10.8. The molecule has 3 atom stereocenters. The molecule has 0 fully saturated rings. The van der Waals surface area contributed by atoms with E-state index in [1.54, 1.807) is 31.6 Å². The van der Waals surface area contributed by atoms with Gasteiger partial charge in [-0.25, -0.2) is 9.97 Å². The number of hydrogen-bond acceptors (Lipinski definition) is 8. The van der Waals surface area contributed by atoms with E-state index in [1.807, 2.05) is 31.2 Å². The summed E-state index contributed by atoms with van der Waals surface area (Å²) in [6.45, 7) is 9.60. The number of rotatable bonds is 13. The van der Waals surface area contributed by atoms with Crippen LogP contribution in [0.25, 0.3) is 11.1 Å². The first-order valence-electron chi connectivity index (χ1n) is 13.6. The lowest BCUT2D eigenvalue weighted by Gasteiger charge is -2.23. The molecule has 0 aliphatic carbocycles. The summed E-state index contributed by atoms with van der Waals surface area (Å²) in [5.41, 5.74) is 5.14. The molecule has 222 valence electrons. The molecule has 0 radical (unpaired) electrons. The van der Waals surface area contributed by atoms with Crippen LogP contribution in [0.2, 0.25) is 5.02 Å². The third-order valence-electron chi connectivity index (χ3n) is 6.35. The van der Waals surface area contributed by atoms with Crippen LogP contribution in [0.5, 0.6) is 17.2 Å². The van der Waals surface area contributed by atoms with Crippen LogP contribution >= 0.6 is 36.0 Å². The number of alkyl halides is 1. The van der Waals surface area contributed by atoms with Crippen molar-refractivity contribution in [2.45, 2.75) is 47.0 Å². The van der Waals surface area contributed by atoms with Crippen LogP contribution in [-0.2, 0) is 0 Å². The minimum atomic E-state index is -0.447. The fourth-order valence-corrected chi connectivity index (χ4v) is 4.25. The number of aryl methyl sites for hydroxylation is 1. The zero-order valence-corrected chi connectivity index (χ0v) is 26.7. The summed E-state index contributed by atoms with van der Waals surface area (Å²) in [5, 5.41) is 19.0. The molecule has 2 aromatic carbocycles. The van der Waals surface area contributed by atoms with Crippen molar-refractivity contribution in [3.05, 3.63) is 65.2 Å². The third kappa shape index (κ3) is 12.4. The van der Waals surface area contributed by atoms with E-state index in [0.717, 1.165) is 35.8 Å². The maximum absolute atomic E-state index is 9.34. The summed E-state index contributed by atoms with van der Waals surface area (Å²) in [5.74, 6) is 3.78. The number of hydroxylamine groups is 1. The van der Waals surface area contributed by atoms with Crippen LogP contribution in [0.15, 0.2) is 48.8 Å². The Morgan fingerprint density at radius 2 is 1.76 bits per heavy atom. The van der Waals surface area contributed by atoms with Gasteiger partial charge in [-0.2, -0.15) is 10.5 Å². The van der Waals surface area contributed by atoms with Crippen molar-refractivity contribution in [1.29, 1.82) is 5.26 Å². The molecule has 0 spiro atoms. The number of aromatic nitrogens is 2. The molecule has 0 amide bonds. The molecule has 2 N–H and O–H groups in total. The molecular weight excluding hydrogens is 581 g/mol. The van der Waals surface area contributed by atoms with E-state index >= 15 is 0 Å². The van der Waals surface area contributed by atoms with Crippen LogP contribution in [0.3, 0.4) is 0 Å². The lowest BCUT2D eigenvalue weighted by atomic mass is 9.92. The molecule has 1 heterocycles. The molecular formula is C30H40Cl2N5O3S+. The number of nitrogens with zero attached hydrogens (tertiary/aromatic N) is 4. The Morgan fingerprint density at radius 1 is 1.10 bits per heavy atom. The molecule has 0 saturated heterocycles. The number of halogens is 2. The molecule has 3 rings (SSSR count). The monoisotopic (exact) mass is 620 g/mol. The summed E-state index contributed by atoms with van der Waals surface area (Å²) in [7, 11) is 1.60. The Labute approximate surface area is 259 Å². The summed E-state index contributed by atoms with van der Waals surface area (Å²) in [4.78, 5) is 8.39. The van der Waals surface area contributed by atoms with Crippen LogP contribution in [0.4, 0.5) is 0 Å². The van der Waals surface area contributed by atoms with Gasteiger partial charge in [-0.15, -0.1) is 17.0 Å². The molecule has 0 bridgehead atoms. The smallest absolute Gasteiger partial charge is 0.155 e. The lowest BCUT2D eigenvalue weighted by molar-refractivity contribution is -1.01. The van der Waals surface area contributed by atoms with Crippen molar-refractivity contribution in [2.24, 2.45) is 11.8 Å². The van der Waals surface area contributed by atoms with Gasteiger partial charge in [0.25, 0.3) is 0 Å². The van der Waals surface area contributed by atoms with Crippen LogP contribution in [0, 0.1) is 30.1 Å². The minimum Gasteiger partial charge on any atom is -0.489 e. The first-order valence-corrected chi connectivity index (χ1v) is 14.9. The molecule has 1 aromatic heterocycles. The first-order chi connectivity index (χ1) is 19.5. The molecule has 8 nitrogen and oxygen atoms in total. The minimum absolute atomic E-state index is 0.264. The largest absolute Gasteiger partial charge is 0.489 e. The average Bonchev–Trinajstić information content (AvgIpc) is 2.95. The molecule has 0 saturated carbocycles. The lowest BCUT2D eigenvalue weighted by Crippen LogP contribution is -2.46. The zero-order valence-electron chi connectivity index (χ0n) is 24.3. The topological polar surface area (TPSA) is 100 Å². The maximum Gasteiger partial charge on any atom is 0.155 e. The van der Waals surface area contributed by atoms with Crippen molar-refractivity contribution in [3.8, 4) is 34.4 Å². The van der Waals surface area contributed by atoms with E-state index < -0.39 is 4.16 Å². The molecule has 3 unspecified atom stereocenters. The predicted octanol–water partition coefficient (Wildman–Crippen LogP) is 8.02. The van der Waals surface area contributed by atoms with Crippen molar-refractivity contribution in [3.63, 3.8) is 0 Å². The van der Waals surface area contributed by atoms with E-state index in [1.165, 1.54) is 12.8 Å². The second-order valence-electron chi connectivity index (χ2n) is 9.88. The first kappa shape index (κ1) is 34.6. The normalized spacial score (nSPS) is 13.7. The van der Waals surface area contributed by atoms with Crippen LogP contribution in [-0.4, -0.2) is 45.4 Å². The van der Waals surface area contributed by atoms with Gasteiger partial charge in [-0.3, -0.25) is 0 Å². The highest BCUT2D eigenvalue weighted by Gasteiger charge is 2.17. The van der Waals surface area contributed by atoms with Crippen LogP contribution < -0.4 is 14.9 Å². The van der Waals surface area contributed by atoms with Gasteiger partial charge >= 0.3 is 0 Å². The second-order valence-corrected chi connectivity index (χ2v) is 11.4. The van der Waals surface area contributed by atoms with Gasteiger partial charge in [0, 0.05) is 30.1 Å². The highest BCUT2D eigenvalue weighted by Crippen LogP contribution is 2.35. The van der Waals surface area contributed by atoms with E-state index in [2.05, 4.69) is 55.0 Å². The van der Waals surface area contributed by atoms with Crippen molar-refractivity contribution < 1.29 is 18.8 Å². The SMILES string of the molecule is CCC(C)CC(CC)CN[N+](C)(O)S.Cc1ncc(-c2ccc(Oc3cc(Cl)c(OCCCl)c(C#N)c3)cc2)cn1. The molecule has 0 aliphatic heterocycles. The molecule has 0 aliphatic rings. The Morgan fingerprint density at radius 3 is 2.29 bits per heavy atom. The fraction of sp³-hybridized carbons (Fsp3) is 0.433. The van der Waals surface area contributed by atoms with Gasteiger partial charge in [0.15, 0.2) is 5.75 Å². The van der Waals surface area contributed by atoms with E-state index in [0.29, 0.717) is 34.1 Å². The highest BCUT2D eigenvalue weighted by atomic mass is 35.5. The Bertz CT molecular complexity index is 1250. The van der Waals surface area contributed by atoms with Gasteiger partial charge in [-0.05, 0) is 42.9 Å². The Hall–Kier alpha value is -2.58. The number of nitrogens with one attached hydrogen (secondary N) is 1. The number of thiol groups is 1. The van der Waals surface area contributed by atoms with Crippen LogP contribution in [0.1, 0.15) is 51.4 Å². The van der Waals surface area contributed by atoms with Gasteiger partial charge < -0.3 is 9.47 Å². The highest BCUT2D eigenvalue weighted by molar-refractivity contribution is 7.74. The number of benzene rings is 2. The molecule has 3 aromatic rings. The van der Waals surface area contributed by atoms with Gasteiger partial charge in [-0.1, -0.05) is 61.5 Å². The Balaban J connectivity index is 0.000000357. The van der Waals surface area contributed by atoms with E-state index in [-0.39, 0.29) is 12.2 Å². The summed E-state index contributed by atoms with van der Waals surface area (Å²) in [6, 6.07) is 12.7. The van der Waals surface area contributed by atoms with Gasteiger partial charge in [0.2, 0.25) is 0 Å². The number of ether oxygens (including phenoxy) is 2. The standard InChI is InChI=1S/C20H15Cl2N3O2.C10H25N2OS/c1-13-24-11-16(12-25-13)14-2-4-17(5-3-14)27-18-8-15(10-23)20(19(22)9-18)26-7-6-21;1-5-9(3)7-10(6-2)8-11-12(4,13)14/h2-5,8-9,11-12H,6-7H2,1H3;9-11,13-14H,5-8H2,1-4H3/q;+1. The maximum atomic E-state index is 9.34. The average molecular weight is 622 g/mol. The zero-order chi connectivity index (χ0) is 30.4. The second kappa shape index (κ2) is 17.4. The Kier molecular flexibility index (Phi) is 14.7. The fourth-order valence-electron chi connectivity index (χ4n) is 3.82.